The maximum absolute atomic E-state index is 12.6. The highest BCUT2D eigenvalue weighted by Crippen LogP contribution is 2.29. The third kappa shape index (κ3) is 3.83. The van der Waals surface area contributed by atoms with Crippen molar-refractivity contribution in [1.29, 1.82) is 0 Å². The molecule has 0 aliphatic carbocycles. The summed E-state index contributed by atoms with van der Waals surface area (Å²) in [4.78, 5) is 12.8. The molecule has 3 aromatic carbocycles. The average Bonchev–Trinajstić information content (AvgIpc) is 2.93. The summed E-state index contributed by atoms with van der Waals surface area (Å²) in [6.45, 7) is 0.0994. The van der Waals surface area contributed by atoms with E-state index in [0.29, 0.717) is 16.4 Å². The van der Waals surface area contributed by atoms with Gasteiger partial charge in [0.25, 0.3) is 0 Å². The van der Waals surface area contributed by atoms with E-state index in [4.69, 9.17) is 4.74 Å². The van der Waals surface area contributed by atoms with Crippen LogP contribution >= 0.6 is 0 Å². The summed E-state index contributed by atoms with van der Waals surface area (Å²) in [5, 5.41) is 0. The summed E-state index contributed by atoms with van der Waals surface area (Å²) in [7, 11) is -3.59. The molecule has 0 bridgehead atoms. The Labute approximate surface area is 164 Å². The Kier molecular flexibility index (Phi) is 4.98. The molecule has 4 rings (SSSR count). The first-order valence-corrected chi connectivity index (χ1v) is 10.4. The van der Waals surface area contributed by atoms with Gasteiger partial charge in [-0.05, 0) is 41.5 Å². The van der Waals surface area contributed by atoms with Crippen LogP contribution in [0.25, 0.3) is 0 Å². The second kappa shape index (κ2) is 7.58. The number of fused-ring (bicyclic) bond motifs is 1. The zero-order valence-electron chi connectivity index (χ0n) is 15.1. The molecular formula is C22H19NO4S. The summed E-state index contributed by atoms with van der Waals surface area (Å²) in [5.41, 5.74) is 1.51. The van der Waals surface area contributed by atoms with Crippen molar-refractivity contribution in [3.8, 4) is 11.5 Å². The fourth-order valence-electron chi connectivity index (χ4n) is 3.26. The topological polar surface area (TPSA) is 63.7 Å². The SMILES string of the molecule is O=C(Cc1cccc(Oc2ccccc2)c1)CN1Cc2ccccc2S1(=O)=O. The Morgan fingerprint density at radius 2 is 1.61 bits per heavy atom. The molecule has 1 heterocycles. The lowest BCUT2D eigenvalue weighted by molar-refractivity contribution is -0.118. The molecular weight excluding hydrogens is 374 g/mol. The predicted octanol–water partition coefficient (Wildman–Crippen LogP) is 3.80. The maximum atomic E-state index is 12.6. The van der Waals surface area contributed by atoms with Crippen LogP contribution in [0.4, 0.5) is 0 Å². The van der Waals surface area contributed by atoms with Gasteiger partial charge in [-0.25, -0.2) is 8.42 Å². The van der Waals surface area contributed by atoms with Gasteiger partial charge in [0.1, 0.15) is 11.5 Å². The third-order valence-corrected chi connectivity index (χ3v) is 6.46. The Morgan fingerprint density at radius 1 is 0.893 bits per heavy atom. The van der Waals surface area contributed by atoms with Crippen molar-refractivity contribution in [2.75, 3.05) is 6.54 Å². The van der Waals surface area contributed by atoms with Gasteiger partial charge in [0.2, 0.25) is 10.0 Å². The van der Waals surface area contributed by atoms with E-state index in [9.17, 15) is 13.2 Å². The number of carbonyl (C=O) groups is 1. The summed E-state index contributed by atoms with van der Waals surface area (Å²) < 4.78 is 32.2. The molecule has 0 fully saturated rings. The molecule has 0 saturated carbocycles. The molecule has 3 aromatic rings. The maximum Gasteiger partial charge on any atom is 0.244 e. The molecule has 0 saturated heterocycles. The van der Waals surface area contributed by atoms with Gasteiger partial charge in [-0.1, -0.05) is 48.5 Å². The van der Waals surface area contributed by atoms with Crippen molar-refractivity contribution < 1.29 is 17.9 Å². The predicted molar refractivity (Wildman–Crippen MR) is 106 cm³/mol. The van der Waals surface area contributed by atoms with E-state index in [1.165, 1.54) is 4.31 Å². The molecule has 0 N–H and O–H groups in total. The minimum atomic E-state index is -3.59. The van der Waals surface area contributed by atoms with Crippen molar-refractivity contribution in [3.63, 3.8) is 0 Å². The van der Waals surface area contributed by atoms with Crippen LogP contribution in [-0.2, 0) is 27.8 Å². The van der Waals surface area contributed by atoms with Crippen LogP contribution in [-0.4, -0.2) is 25.1 Å². The zero-order valence-corrected chi connectivity index (χ0v) is 15.9. The first kappa shape index (κ1) is 18.4. The van der Waals surface area contributed by atoms with E-state index < -0.39 is 10.0 Å². The lowest BCUT2D eigenvalue weighted by Gasteiger charge is -2.13. The van der Waals surface area contributed by atoms with E-state index in [0.717, 1.165) is 11.1 Å². The van der Waals surface area contributed by atoms with Crippen molar-refractivity contribution in [1.82, 2.24) is 4.31 Å². The number of para-hydroxylation sites is 1. The number of ether oxygens (including phenoxy) is 1. The largest absolute Gasteiger partial charge is 0.457 e. The second-order valence-electron chi connectivity index (χ2n) is 6.66. The normalized spacial score (nSPS) is 15.1. The van der Waals surface area contributed by atoms with E-state index in [2.05, 4.69) is 0 Å². The number of hydrogen-bond acceptors (Lipinski definition) is 4. The van der Waals surface area contributed by atoms with Gasteiger partial charge >= 0.3 is 0 Å². The molecule has 0 unspecified atom stereocenters. The Bertz CT molecular complexity index is 1110. The second-order valence-corrected chi connectivity index (χ2v) is 8.57. The van der Waals surface area contributed by atoms with Gasteiger partial charge in [-0.3, -0.25) is 4.79 Å². The number of nitrogens with zero attached hydrogens (tertiary/aromatic N) is 1. The lowest BCUT2D eigenvalue weighted by Crippen LogP contribution is -2.31. The smallest absolute Gasteiger partial charge is 0.244 e. The fourth-order valence-corrected chi connectivity index (χ4v) is 4.88. The van der Waals surface area contributed by atoms with E-state index in [1.54, 1.807) is 30.3 Å². The molecule has 142 valence electrons. The molecule has 0 radical (unpaired) electrons. The zero-order chi connectivity index (χ0) is 19.6. The van der Waals surface area contributed by atoms with Crippen molar-refractivity contribution >= 4 is 15.8 Å². The Morgan fingerprint density at radius 3 is 2.39 bits per heavy atom. The number of rotatable bonds is 6. The summed E-state index contributed by atoms with van der Waals surface area (Å²) in [6, 6.07) is 23.5. The Balaban J connectivity index is 1.43. The van der Waals surface area contributed by atoms with Crippen molar-refractivity contribution in [2.24, 2.45) is 0 Å². The van der Waals surface area contributed by atoms with Crippen LogP contribution in [0.5, 0.6) is 11.5 Å². The molecule has 0 aromatic heterocycles. The van der Waals surface area contributed by atoms with E-state index in [-0.39, 0.29) is 25.3 Å². The number of hydrogen-bond donors (Lipinski definition) is 0. The van der Waals surface area contributed by atoms with Gasteiger partial charge in [-0.15, -0.1) is 0 Å². The van der Waals surface area contributed by atoms with Crippen LogP contribution in [0.2, 0.25) is 0 Å². The van der Waals surface area contributed by atoms with Crippen LogP contribution in [0, 0.1) is 0 Å². The average molecular weight is 393 g/mol. The summed E-state index contributed by atoms with van der Waals surface area (Å²) >= 11 is 0. The molecule has 0 amide bonds. The van der Waals surface area contributed by atoms with Gasteiger partial charge in [0.15, 0.2) is 5.78 Å². The fraction of sp³-hybridized carbons (Fsp3) is 0.136. The van der Waals surface area contributed by atoms with Crippen molar-refractivity contribution in [2.45, 2.75) is 17.9 Å². The van der Waals surface area contributed by atoms with Gasteiger partial charge < -0.3 is 4.74 Å². The number of sulfonamides is 1. The molecule has 6 heteroatoms. The van der Waals surface area contributed by atoms with Crippen molar-refractivity contribution in [3.05, 3.63) is 90.0 Å². The monoisotopic (exact) mass is 393 g/mol. The first-order valence-electron chi connectivity index (χ1n) is 8.94. The number of ketones is 1. The standard InChI is InChI=1S/C22H19NO4S/c24-19(16-23-15-18-8-4-5-12-22(18)28(23,25)26)13-17-7-6-11-21(14-17)27-20-9-2-1-3-10-20/h1-12,14H,13,15-16H2. The third-order valence-electron chi connectivity index (χ3n) is 4.57. The quantitative estimate of drug-likeness (QED) is 0.639. The van der Waals surface area contributed by atoms with E-state index in [1.807, 2.05) is 48.5 Å². The van der Waals surface area contributed by atoms with Gasteiger partial charge in [0, 0.05) is 13.0 Å². The summed E-state index contributed by atoms with van der Waals surface area (Å²) in [5.74, 6) is 1.19. The molecule has 1 aliphatic rings. The lowest BCUT2D eigenvalue weighted by atomic mass is 10.1. The van der Waals surface area contributed by atoms with Crippen LogP contribution in [0.3, 0.4) is 0 Å². The van der Waals surface area contributed by atoms with Gasteiger partial charge in [-0.2, -0.15) is 4.31 Å². The van der Waals surface area contributed by atoms with Crippen LogP contribution in [0.1, 0.15) is 11.1 Å². The van der Waals surface area contributed by atoms with Crippen LogP contribution < -0.4 is 4.74 Å². The highest BCUT2D eigenvalue weighted by molar-refractivity contribution is 7.89. The number of benzene rings is 3. The highest BCUT2D eigenvalue weighted by Gasteiger charge is 2.35. The number of carbonyl (C=O) groups excluding carboxylic acids is 1. The first-order chi connectivity index (χ1) is 13.5. The highest BCUT2D eigenvalue weighted by atomic mass is 32.2. The molecule has 1 aliphatic heterocycles. The number of Topliss-reactive ketones (excluding diaryl/α,β-unsaturated/α-hetero) is 1. The minimum Gasteiger partial charge on any atom is -0.457 e. The molecule has 0 atom stereocenters. The Hall–Kier alpha value is -2.96. The molecule has 0 spiro atoms. The van der Waals surface area contributed by atoms with E-state index >= 15 is 0 Å². The molecule has 5 nitrogen and oxygen atoms in total. The summed E-state index contributed by atoms with van der Waals surface area (Å²) in [6.07, 6.45) is 0.147. The van der Waals surface area contributed by atoms with Crippen LogP contribution in [0.15, 0.2) is 83.8 Å². The molecule has 28 heavy (non-hydrogen) atoms. The van der Waals surface area contributed by atoms with Gasteiger partial charge in [0.05, 0.1) is 11.4 Å². The minimum absolute atomic E-state index is 0.138.